The van der Waals surface area contributed by atoms with Crippen molar-refractivity contribution in [2.75, 3.05) is 61.7 Å². The zero-order valence-corrected chi connectivity index (χ0v) is 38.4. The highest BCUT2D eigenvalue weighted by Gasteiger charge is 2.43. The first-order valence-electron chi connectivity index (χ1n) is 21.7. The number of hydrogen-bond acceptors (Lipinski definition) is 9. The molecule has 1 heterocycles. The Morgan fingerprint density at radius 1 is 0.864 bits per heavy atom. The monoisotopic (exact) mass is 831 g/mol. The van der Waals surface area contributed by atoms with E-state index in [-0.39, 0.29) is 53.7 Å². The topological polar surface area (TPSA) is 159 Å². The Labute approximate surface area is 355 Å². The molecule has 2 rings (SSSR count). The second kappa shape index (κ2) is 25.9. The number of nitrogens with one attached hydrogen (secondary N) is 3. The predicted octanol–water partition coefficient (Wildman–Crippen LogP) is 3.90. The molecule has 14 nitrogen and oxygen atoms in total. The summed E-state index contributed by atoms with van der Waals surface area (Å²) in [7, 11) is 8.55. The lowest BCUT2D eigenvalue weighted by Gasteiger charge is -2.41. The molecule has 1 saturated heterocycles. The van der Waals surface area contributed by atoms with E-state index in [0.717, 1.165) is 18.4 Å². The highest BCUT2D eigenvalue weighted by Crippen LogP contribution is 2.30. The van der Waals surface area contributed by atoms with Crippen LogP contribution in [-0.4, -0.2) is 148 Å². The van der Waals surface area contributed by atoms with Gasteiger partial charge >= 0.3 is 0 Å². The maximum absolute atomic E-state index is 14.3. The molecule has 9 atom stereocenters. The number of nitrogens with zero attached hydrogens (tertiary/aromatic N) is 3. The van der Waals surface area contributed by atoms with Gasteiger partial charge in [0.15, 0.2) is 0 Å². The fourth-order valence-corrected chi connectivity index (χ4v) is 8.43. The summed E-state index contributed by atoms with van der Waals surface area (Å²) in [5, 5.41) is 8.98. The van der Waals surface area contributed by atoms with E-state index in [0.29, 0.717) is 45.6 Å². The number of carbonyl (C=O) groups excluding carboxylic acids is 5. The number of ether oxygens (including phenoxy) is 3. The molecule has 336 valence electrons. The van der Waals surface area contributed by atoms with Gasteiger partial charge in [-0.15, -0.1) is 0 Å². The lowest BCUT2D eigenvalue weighted by atomic mass is 9.89. The molecule has 5 amide bonds. The summed E-state index contributed by atoms with van der Waals surface area (Å²) in [6, 6.07) is 6.70. The van der Waals surface area contributed by atoms with Crippen molar-refractivity contribution < 1.29 is 38.2 Å². The Kier molecular flexibility index (Phi) is 22.6. The second-order valence-electron chi connectivity index (χ2n) is 17.1. The van der Waals surface area contributed by atoms with Crippen LogP contribution >= 0.6 is 0 Å². The van der Waals surface area contributed by atoms with E-state index >= 15 is 0 Å². The molecule has 3 N–H and O–H groups in total. The van der Waals surface area contributed by atoms with Crippen LogP contribution in [0.4, 0.5) is 0 Å². The summed E-state index contributed by atoms with van der Waals surface area (Å²) < 4.78 is 17.5. The predicted molar refractivity (Wildman–Crippen MR) is 231 cm³/mol. The third-order valence-electron chi connectivity index (χ3n) is 11.8. The highest BCUT2D eigenvalue weighted by atomic mass is 16.5. The van der Waals surface area contributed by atoms with Crippen molar-refractivity contribution in [2.45, 2.75) is 136 Å². The molecule has 1 aromatic carbocycles. The maximum Gasteiger partial charge on any atom is 0.245 e. The zero-order valence-electron chi connectivity index (χ0n) is 38.4. The van der Waals surface area contributed by atoms with Crippen molar-refractivity contribution in [3.05, 3.63) is 35.9 Å². The SMILES string of the molecule is CCOCCCNC(=O)C(Cc1ccccc1)NC(=O)C(C)C(OC)C1CCCN1C(=O)CC(OC)C(C(C)CC)N(C)C(=O)C(NC(=O)C(C(C)C)N(C)C)C(C)C. The lowest BCUT2D eigenvalue weighted by Crippen LogP contribution is -2.59. The summed E-state index contributed by atoms with van der Waals surface area (Å²) in [6.45, 7) is 17.6. The van der Waals surface area contributed by atoms with Crippen LogP contribution in [0, 0.1) is 23.7 Å². The van der Waals surface area contributed by atoms with Gasteiger partial charge in [-0.05, 0) is 63.6 Å². The highest BCUT2D eigenvalue weighted by molar-refractivity contribution is 5.90. The number of rotatable bonds is 26. The largest absolute Gasteiger partial charge is 0.382 e. The molecule has 0 radical (unpaired) electrons. The van der Waals surface area contributed by atoms with Gasteiger partial charge in [0.25, 0.3) is 0 Å². The normalized spacial score (nSPS) is 18.4. The minimum atomic E-state index is -0.814. The van der Waals surface area contributed by atoms with Crippen LogP contribution in [0.2, 0.25) is 0 Å². The van der Waals surface area contributed by atoms with Crippen molar-refractivity contribution in [1.29, 1.82) is 0 Å². The van der Waals surface area contributed by atoms with Crippen molar-refractivity contribution in [1.82, 2.24) is 30.7 Å². The number of benzene rings is 1. The van der Waals surface area contributed by atoms with Crippen LogP contribution in [0.3, 0.4) is 0 Å². The summed E-state index contributed by atoms with van der Waals surface area (Å²) in [5.74, 6) is -2.10. The van der Waals surface area contributed by atoms with E-state index in [4.69, 9.17) is 14.2 Å². The van der Waals surface area contributed by atoms with Crippen LogP contribution in [0.25, 0.3) is 0 Å². The van der Waals surface area contributed by atoms with E-state index < -0.39 is 48.3 Å². The van der Waals surface area contributed by atoms with Crippen LogP contribution in [-0.2, 0) is 44.6 Å². The minimum absolute atomic E-state index is 0.00795. The van der Waals surface area contributed by atoms with Gasteiger partial charge < -0.3 is 40.0 Å². The molecule has 0 saturated carbocycles. The molecule has 1 fully saturated rings. The van der Waals surface area contributed by atoms with Crippen LogP contribution in [0.1, 0.15) is 93.1 Å². The Bertz CT molecular complexity index is 1440. The molecule has 59 heavy (non-hydrogen) atoms. The molecule has 9 unspecified atom stereocenters. The maximum atomic E-state index is 14.3. The Morgan fingerprint density at radius 3 is 2.07 bits per heavy atom. The number of likely N-dealkylation sites (tertiary alicyclic amines) is 1. The van der Waals surface area contributed by atoms with Crippen LogP contribution < -0.4 is 16.0 Å². The molecule has 1 aliphatic heterocycles. The molecule has 1 aliphatic rings. The lowest BCUT2D eigenvalue weighted by molar-refractivity contribution is -0.148. The van der Waals surface area contributed by atoms with Gasteiger partial charge in [0.2, 0.25) is 29.5 Å². The summed E-state index contributed by atoms with van der Waals surface area (Å²) >= 11 is 0. The Hall–Kier alpha value is -3.59. The van der Waals surface area contributed by atoms with Crippen LogP contribution in [0.5, 0.6) is 0 Å². The van der Waals surface area contributed by atoms with Crippen LogP contribution in [0.15, 0.2) is 30.3 Å². The quantitative estimate of drug-likeness (QED) is 0.118. The minimum Gasteiger partial charge on any atom is -0.382 e. The summed E-state index contributed by atoms with van der Waals surface area (Å²) in [6.07, 6.45) is 1.79. The molecular weight excluding hydrogens is 753 g/mol. The molecule has 0 aliphatic carbocycles. The Morgan fingerprint density at radius 2 is 1.53 bits per heavy atom. The average molecular weight is 831 g/mol. The van der Waals surface area contributed by atoms with Gasteiger partial charge in [-0.25, -0.2) is 0 Å². The van der Waals surface area contributed by atoms with E-state index in [2.05, 4.69) is 16.0 Å². The molecule has 14 heteroatoms. The number of methoxy groups -OCH3 is 2. The average Bonchev–Trinajstić information content (AvgIpc) is 3.68. The second-order valence-corrected chi connectivity index (χ2v) is 17.1. The number of amides is 5. The smallest absolute Gasteiger partial charge is 0.245 e. The summed E-state index contributed by atoms with van der Waals surface area (Å²) in [4.78, 5) is 74.8. The van der Waals surface area contributed by atoms with Gasteiger partial charge in [0, 0.05) is 54.0 Å². The van der Waals surface area contributed by atoms with E-state index in [1.807, 2.05) is 97.8 Å². The molecule has 0 bridgehead atoms. The fraction of sp³-hybridized carbons (Fsp3) is 0.756. The van der Waals surface area contributed by atoms with E-state index in [1.54, 1.807) is 38.0 Å². The van der Waals surface area contributed by atoms with Crippen molar-refractivity contribution in [2.24, 2.45) is 23.7 Å². The molecule has 1 aromatic rings. The first-order valence-corrected chi connectivity index (χ1v) is 21.7. The standard InChI is InChI=1S/C45H78N6O8/c1-14-31(7)40(50(11)45(56)38(29(3)4)48-44(55)39(30(5)6)49(9)10)36(57-12)28-37(52)51-25-19-23-35(51)41(58-13)32(8)42(53)47-34(27-33-21-17-16-18-22-33)43(54)46-24-20-26-59-15-2/h16-18,21-22,29-32,34-36,38-41H,14-15,19-20,23-28H2,1-13H3,(H,46,54)(H,47,53)(H,48,55). The number of likely N-dealkylation sites (N-methyl/N-ethyl adjacent to an activating group) is 2. The van der Waals surface area contributed by atoms with E-state index in [1.165, 1.54) is 0 Å². The van der Waals surface area contributed by atoms with Gasteiger partial charge in [-0.2, -0.15) is 0 Å². The van der Waals surface area contributed by atoms with E-state index in [9.17, 15) is 24.0 Å². The molecule has 0 spiro atoms. The number of carbonyl (C=O) groups is 5. The van der Waals surface area contributed by atoms with Crippen molar-refractivity contribution in [3.63, 3.8) is 0 Å². The summed E-state index contributed by atoms with van der Waals surface area (Å²) in [5.41, 5.74) is 0.912. The fourth-order valence-electron chi connectivity index (χ4n) is 8.43. The molecular formula is C45H78N6O8. The third-order valence-corrected chi connectivity index (χ3v) is 11.8. The van der Waals surface area contributed by atoms with Gasteiger partial charge in [0.1, 0.15) is 12.1 Å². The molecule has 0 aromatic heterocycles. The van der Waals surface area contributed by atoms with Gasteiger partial charge in [-0.1, -0.05) is 85.2 Å². The first kappa shape index (κ1) is 51.6. The third kappa shape index (κ3) is 15.1. The van der Waals surface area contributed by atoms with Crippen molar-refractivity contribution >= 4 is 29.5 Å². The number of hydrogen-bond donors (Lipinski definition) is 3. The first-order chi connectivity index (χ1) is 27.9. The van der Waals surface area contributed by atoms with Gasteiger partial charge in [-0.3, -0.25) is 28.9 Å². The van der Waals surface area contributed by atoms with Gasteiger partial charge in [0.05, 0.1) is 42.7 Å². The van der Waals surface area contributed by atoms with Crippen molar-refractivity contribution in [3.8, 4) is 0 Å². The Balaban J connectivity index is 2.28. The zero-order chi connectivity index (χ0) is 44.4.